The number of carbonyl (C=O) groups is 3. The lowest BCUT2D eigenvalue weighted by molar-refractivity contribution is -0.116. The molecule has 0 radical (unpaired) electrons. The molecule has 2 aromatic carbocycles. The molecular weight excluding hydrogens is 400 g/mol. The zero-order valence-electron chi connectivity index (χ0n) is 15.4. The summed E-state index contributed by atoms with van der Waals surface area (Å²) in [7, 11) is 0. The Labute approximate surface area is 173 Å². The van der Waals surface area contributed by atoms with Crippen LogP contribution in [-0.4, -0.2) is 35.9 Å². The molecule has 0 bridgehead atoms. The zero-order valence-corrected chi connectivity index (χ0v) is 16.9. The Morgan fingerprint density at radius 2 is 1.71 bits per heavy atom. The van der Waals surface area contributed by atoms with Gasteiger partial charge >= 0.3 is 5.97 Å². The van der Waals surface area contributed by atoms with E-state index in [0.717, 1.165) is 0 Å². The number of esters is 1. The van der Waals surface area contributed by atoms with Gasteiger partial charge in [0.1, 0.15) is 0 Å². The van der Waals surface area contributed by atoms with Crippen LogP contribution in [0, 0.1) is 0 Å². The fourth-order valence-electron chi connectivity index (χ4n) is 2.22. The minimum atomic E-state index is -0.396. The van der Waals surface area contributed by atoms with Crippen LogP contribution in [-0.2, 0) is 14.3 Å². The number of halogens is 1. The highest BCUT2D eigenvalue weighted by atomic mass is 35.5. The summed E-state index contributed by atoms with van der Waals surface area (Å²) in [5, 5.41) is 6.06. The number of nitrogens with one attached hydrogen (secondary N) is 2. The molecule has 2 amide bonds. The quantitative estimate of drug-likeness (QED) is 0.468. The second-order valence-electron chi connectivity index (χ2n) is 5.71. The summed E-state index contributed by atoms with van der Waals surface area (Å²) in [6.45, 7) is 2.05. The monoisotopic (exact) mass is 420 g/mol. The molecule has 2 aromatic rings. The number of carbonyl (C=O) groups excluding carboxylic acids is 3. The van der Waals surface area contributed by atoms with E-state index in [-0.39, 0.29) is 17.6 Å². The van der Waals surface area contributed by atoms with Gasteiger partial charge < -0.3 is 15.4 Å². The Morgan fingerprint density at radius 3 is 2.39 bits per heavy atom. The van der Waals surface area contributed by atoms with Gasteiger partial charge in [-0.2, -0.15) is 11.8 Å². The topological polar surface area (TPSA) is 84.5 Å². The SMILES string of the molecule is CCOC(=O)c1ccc(NC(=O)CSCCC(=O)Nc2cccc(Cl)c2)cc1. The maximum Gasteiger partial charge on any atom is 0.338 e. The molecule has 0 saturated heterocycles. The average Bonchev–Trinajstić information content (AvgIpc) is 2.66. The number of anilines is 2. The molecule has 28 heavy (non-hydrogen) atoms. The molecule has 0 fully saturated rings. The summed E-state index contributed by atoms with van der Waals surface area (Å²) in [5.41, 5.74) is 1.67. The summed E-state index contributed by atoms with van der Waals surface area (Å²) in [6.07, 6.45) is 0.290. The maximum absolute atomic E-state index is 12.0. The second-order valence-corrected chi connectivity index (χ2v) is 7.25. The number of thioether (sulfide) groups is 1. The fraction of sp³-hybridized carbons (Fsp3) is 0.250. The molecule has 0 spiro atoms. The highest BCUT2D eigenvalue weighted by Gasteiger charge is 2.08. The Hall–Kier alpha value is -2.51. The van der Waals surface area contributed by atoms with E-state index in [9.17, 15) is 14.4 Å². The van der Waals surface area contributed by atoms with Crippen LogP contribution in [0.4, 0.5) is 11.4 Å². The molecule has 0 aromatic heterocycles. The van der Waals surface area contributed by atoms with Crippen molar-refractivity contribution < 1.29 is 19.1 Å². The van der Waals surface area contributed by atoms with Gasteiger partial charge in [-0.15, -0.1) is 0 Å². The van der Waals surface area contributed by atoms with Gasteiger partial charge in [-0.3, -0.25) is 9.59 Å². The first-order chi connectivity index (χ1) is 13.5. The molecular formula is C20H21ClN2O4S. The Morgan fingerprint density at radius 1 is 1.00 bits per heavy atom. The van der Waals surface area contributed by atoms with Gasteiger partial charge in [0.15, 0.2) is 0 Å². The standard InChI is InChI=1S/C20H21ClN2O4S/c1-2-27-20(26)14-6-8-16(9-7-14)22-19(25)13-28-11-10-18(24)23-17-5-3-4-15(21)12-17/h3-9,12H,2,10-11,13H2,1H3,(H,22,25)(H,23,24). The second kappa shape index (κ2) is 11.4. The van der Waals surface area contributed by atoms with E-state index in [4.69, 9.17) is 16.3 Å². The maximum atomic E-state index is 12.0. The van der Waals surface area contributed by atoms with Crippen LogP contribution in [0.1, 0.15) is 23.7 Å². The molecule has 8 heteroatoms. The van der Waals surface area contributed by atoms with Gasteiger partial charge in [0.05, 0.1) is 17.9 Å². The first-order valence-corrected chi connectivity index (χ1v) is 10.2. The van der Waals surface area contributed by atoms with E-state index < -0.39 is 5.97 Å². The van der Waals surface area contributed by atoms with E-state index in [0.29, 0.717) is 40.7 Å². The van der Waals surface area contributed by atoms with Crippen molar-refractivity contribution in [2.75, 3.05) is 28.7 Å². The lowest BCUT2D eigenvalue weighted by atomic mass is 10.2. The lowest BCUT2D eigenvalue weighted by Gasteiger charge is -2.07. The highest BCUT2D eigenvalue weighted by Crippen LogP contribution is 2.16. The molecule has 148 valence electrons. The van der Waals surface area contributed by atoms with Crippen LogP contribution in [0.3, 0.4) is 0 Å². The van der Waals surface area contributed by atoms with Crippen LogP contribution < -0.4 is 10.6 Å². The smallest absolute Gasteiger partial charge is 0.338 e. The van der Waals surface area contributed by atoms with Crippen LogP contribution in [0.2, 0.25) is 5.02 Å². The molecule has 0 unspecified atom stereocenters. The summed E-state index contributed by atoms with van der Waals surface area (Å²) < 4.78 is 4.91. The van der Waals surface area contributed by atoms with Gasteiger partial charge in [-0.05, 0) is 49.4 Å². The lowest BCUT2D eigenvalue weighted by Crippen LogP contribution is -2.16. The molecule has 6 nitrogen and oxygen atoms in total. The van der Waals surface area contributed by atoms with Crippen molar-refractivity contribution in [2.45, 2.75) is 13.3 Å². The highest BCUT2D eigenvalue weighted by molar-refractivity contribution is 7.99. The van der Waals surface area contributed by atoms with E-state index >= 15 is 0 Å². The summed E-state index contributed by atoms with van der Waals surface area (Å²) in [6, 6.07) is 13.4. The van der Waals surface area contributed by atoms with Crippen LogP contribution in [0.25, 0.3) is 0 Å². The van der Waals surface area contributed by atoms with Crippen molar-refractivity contribution >= 4 is 52.5 Å². The predicted molar refractivity (Wildman–Crippen MR) is 113 cm³/mol. The number of benzene rings is 2. The summed E-state index contributed by atoms with van der Waals surface area (Å²) >= 11 is 7.24. The molecule has 0 aliphatic rings. The van der Waals surface area contributed by atoms with Crippen LogP contribution in [0.5, 0.6) is 0 Å². The van der Waals surface area contributed by atoms with Crippen molar-refractivity contribution in [3.05, 3.63) is 59.1 Å². The first-order valence-electron chi connectivity index (χ1n) is 8.68. The third kappa shape index (κ3) is 7.62. The molecule has 0 atom stereocenters. The van der Waals surface area contributed by atoms with Gasteiger partial charge in [0.25, 0.3) is 0 Å². The van der Waals surface area contributed by atoms with E-state index in [1.807, 2.05) is 0 Å². The average molecular weight is 421 g/mol. The zero-order chi connectivity index (χ0) is 20.4. The molecule has 0 saturated carbocycles. The Kier molecular flexibility index (Phi) is 8.84. The minimum Gasteiger partial charge on any atom is -0.462 e. The number of amides is 2. The third-order valence-electron chi connectivity index (χ3n) is 3.49. The fourth-order valence-corrected chi connectivity index (χ4v) is 3.14. The predicted octanol–water partition coefficient (Wildman–Crippen LogP) is 4.22. The van der Waals surface area contributed by atoms with Gasteiger partial charge in [-0.25, -0.2) is 4.79 Å². The van der Waals surface area contributed by atoms with Gasteiger partial charge in [0, 0.05) is 28.6 Å². The largest absolute Gasteiger partial charge is 0.462 e. The van der Waals surface area contributed by atoms with Crippen molar-refractivity contribution in [2.24, 2.45) is 0 Å². The van der Waals surface area contributed by atoms with Crippen molar-refractivity contribution in [1.29, 1.82) is 0 Å². The Bertz CT molecular complexity index is 827. The summed E-state index contributed by atoms with van der Waals surface area (Å²) in [4.78, 5) is 35.4. The molecule has 2 rings (SSSR count). The third-order valence-corrected chi connectivity index (χ3v) is 4.69. The van der Waals surface area contributed by atoms with E-state index in [2.05, 4.69) is 10.6 Å². The number of rotatable bonds is 9. The molecule has 0 heterocycles. The summed E-state index contributed by atoms with van der Waals surface area (Å²) in [5.74, 6) is 0.0342. The van der Waals surface area contributed by atoms with Gasteiger partial charge in [0.2, 0.25) is 11.8 Å². The van der Waals surface area contributed by atoms with E-state index in [1.165, 1.54) is 11.8 Å². The first kappa shape index (κ1) is 21.8. The molecule has 0 aliphatic heterocycles. The molecule has 2 N–H and O–H groups in total. The Balaban J connectivity index is 1.67. The number of hydrogen-bond acceptors (Lipinski definition) is 5. The normalized spacial score (nSPS) is 10.2. The van der Waals surface area contributed by atoms with Crippen LogP contribution >= 0.6 is 23.4 Å². The number of ether oxygens (including phenoxy) is 1. The van der Waals surface area contributed by atoms with Crippen molar-refractivity contribution in [3.63, 3.8) is 0 Å². The van der Waals surface area contributed by atoms with E-state index in [1.54, 1.807) is 55.5 Å². The molecule has 0 aliphatic carbocycles. The van der Waals surface area contributed by atoms with Crippen molar-refractivity contribution in [3.8, 4) is 0 Å². The minimum absolute atomic E-state index is 0.135. The number of hydrogen-bond donors (Lipinski definition) is 2. The van der Waals surface area contributed by atoms with Crippen molar-refractivity contribution in [1.82, 2.24) is 0 Å². The van der Waals surface area contributed by atoms with Gasteiger partial charge in [-0.1, -0.05) is 17.7 Å². The van der Waals surface area contributed by atoms with Crippen LogP contribution in [0.15, 0.2) is 48.5 Å².